The number of nitrogens with zero attached hydrogens (tertiary/aromatic N) is 2. The smallest absolute Gasteiger partial charge is 0.338 e. The summed E-state index contributed by atoms with van der Waals surface area (Å²) in [5, 5.41) is 3.87. The van der Waals surface area contributed by atoms with Crippen LogP contribution in [-0.4, -0.2) is 45.0 Å². The maximum atomic E-state index is 12.2. The van der Waals surface area contributed by atoms with Crippen LogP contribution in [0.15, 0.2) is 47.0 Å². The quantitative estimate of drug-likeness (QED) is 0.532. The zero-order valence-corrected chi connectivity index (χ0v) is 17.2. The molecule has 2 aromatic carbocycles. The molecule has 1 aromatic heterocycles. The van der Waals surface area contributed by atoms with Gasteiger partial charge in [-0.1, -0.05) is 11.2 Å². The van der Waals surface area contributed by atoms with Gasteiger partial charge in [0, 0.05) is 11.3 Å². The second-order valence-corrected chi connectivity index (χ2v) is 7.86. The summed E-state index contributed by atoms with van der Waals surface area (Å²) < 4.78 is 45.7. The molecule has 0 saturated heterocycles. The van der Waals surface area contributed by atoms with E-state index in [0.29, 0.717) is 22.9 Å². The average molecular weight is 433 g/mol. The van der Waals surface area contributed by atoms with Crippen molar-refractivity contribution in [2.75, 3.05) is 25.2 Å². The van der Waals surface area contributed by atoms with Gasteiger partial charge in [0.15, 0.2) is 18.1 Å². The molecule has 11 heteroatoms. The summed E-state index contributed by atoms with van der Waals surface area (Å²) >= 11 is 0. The van der Waals surface area contributed by atoms with Gasteiger partial charge in [-0.25, -0.2) is 13.2 Å². The molecule has 0 aliphatic rings. The molecule has 10 nitrogen and oxygen atoms in total. The second kappa shape index (κ2) is 8.82. The van der Waals surface area contributed by atoms with Crippen LogP contribution in [0.2, 0.25) is 0 Å². The average Bonchev–Trinajstić information content (AvgIpc) is 3.19. The van der Waals surface area contributed by atoms with E-state index in [0.717, 1.165) is 6.26 Å². The predicted molar refractivity (Wildman–Crippen MR) is 107 cm³/mol. The van der Waals surface area contributed by atoms with Crippen LogP contribution in [0, 0.1) is 0 Å². The van der Waals surface area contributed by atoms with Gasteiger partial charge in [-0.15, -0.1) is 0 Å². The lowest BCUT2D eigenvalue weighted by molar-refractivity contribution is 0.0430. The van der Waals surface area contributed by atoms with Crippen molar-refractivity contribution in [2.45, 2.75) is 6.61 Å². The zero-order valence-electron chi connectivity index (χ0n) is 16.4. The number of nitrogens with one attached hydrogen (secondary N) is 1. The van der Waals surface area contributed by atoms with Gasteiger partial charge < -0.3 is 18.7 Å². The van der Waals surface area contributed by atoms with E-state index in [4.69, 9.17) is 18.7 Å². The van der Waals surface area contributed by atoms with Crippen LogP contribution in [0.4, 0.5) is 5.69 Å². The van der Waals surface area contributed by atoms with Gasteiger partial charge >= 0.3 is 5.97 Å². The van der Waals surface area contributed by atoms with E-state index < -0.39 is 16.0 Å². The summed E-state index contributed by atoms with van der Waals surface area (Å²) in [6.45, 7) is -0.247. The van der Waals surface area contributed by atoms with E-state index in [1.54, 1.807) is 18.2 Å². The number of carbonyl (C=O) groups excluding carboxylic acids is 1. The SMILES string of the molecule is COc1ccc(-c2noc(COC(=O)c3cccc(NS(C)(=O)=O)c3)n2)cc1OC. The molecular formula is C19H19N3O7S. The highest BCUT2D eigenvalue weighted by molar-refractivity contribution is 7.92. The second-order valence-electron chi connectivity index (χ2n) is 6.11. The van der Waals surface area contributed by atoms with Crippen molar-refractivity contribution < 1.29 is 31.9 Å². The van der Waals surface area contributed by atoms with E-state index in [-0.39, 0.29) is 23.7 Å². The maximum absolute atomic E-state index is 12.2. The third-order valence-corrected chi connectivity index (χ3v) is 4.44. The Bertz CT molecular complexity index is 1160. The standard InChI is InChI=1S/C19H19N3O7S/c1-26-15-8-7-12(10-16(15)27-2)18-20-17(29-21-18)11-28-19(23)13-5-4-6-14(9-13)22-30(3,24)25/h4-10,22H,11H2,1-3H3. The summed E-state index contributed by atoms with van der Waals surface area (Å²) in [7, 11) is -0.410. The molecule has 0 radical (unpaired) electrons. The van der Waals surface area contributed by atoms with Crippen LogP contribution in [0.5, 0.6) is 11.5 Å². The molecule has 0 unspecified atom stereocenters. The number of methoxy groups -OCH3 is 2. The minimum absolute atomic E-state index is 0.0959. The van der Waals surface area contributed by atoms with Gasteiger partial charge in [-0.2, -0.15) is 4.98 Å². The number of hydrogen-bond acceptors (Lipinski definition) is 9. The lowest BCUT2D eigenvalue weighted by Crippen LogP contribution is -2.11. The van der Waals surface area contributed by atoms with Crippen molar-refractivity contribution in [1.82, 2.24) is 10.1 Å². The van der Waals surface area contributed by atoms with E-state index in [9.17, 15) is 13.2 Å². The maximum Gasteiger partial charge on any atom is 0.338 e. The molecular weight excluding hydrogens is 414 g/mol. The van der Waals surface area contributed by atoms with Crippen molar-refractivity contribution in [3.63, 3.8) is 0 Å². The van der Waals surface area contributed by atoms with Crippen LogP contribution >= 0.6 is 0 Å². The van der Waals surface area contributed by atoms with Gasteiger partial charge in [-0.05, 0) is 36.4 Å². The van der Waals surface area contributed by atoms with Crippen molar-refractivity contribution in [1.29, 1.82) is 0 Å². The fourth-order valence-corrected chi connectivity index (χ4v) is 3.10. The summed E-state index contributed by atoms with van der Waals surface area (Å²) in [6.07, 6.45) is 1.02. The van der Waals surface area contributed by atoms with Crippen LogP contribution in [0.1, 0.15) is 16.2 Å². The van der Waals surface area contributed by atoms with Gasteiger partial charge in [0.25, 0.3) is 5.89 Å². The Hall–Kier alpha value is -3.60. The molecule has 30 heavy (non-hydrogen) atoms. The number of anilines is 1. The molecule has 0 amide bonds. The molecule has 0 aliphatic heterocycles. The van der Waals surface area contributed by atoms with E-state index in [2.05, 4.69) is 14.9 Å². The number of esters is 1. The predicted octanol–water partition coefficient (Wildman–Crippen LogP) is 2.48. The van der Waals surface area contributed by atoms with Gasteiger partial charge in [0.05, 0.1) is 26.0 Å². The highest BCUT2D eigenvalue weighted by Gasteiger charge is 2.15. The fraction of sp³-hybridized carbons (Fsp3) is 0.211. The Kier molecular flexibility index (Phi) is 6.21. The number of carbonyl (C=O) groups is 1. The van der Waals surface area contributed by atoms with Gasteiger partial charge in [0.2, 0.25) is 15.8 Å². The topological polar surface area (TPSA) is 130 Å². The number of rotatable bonds is 8. The number of aromatic nitrogens is 2. The normalized spacial score (nSPS) is 11.0. The molecule has 0 fully saturated rings. The molecule has 0 spiro atoms. The molecule has 3 rings (SSSR count). The molecule has 0 atom stereocenters. The summed E-state index contributed by atoms with van der Waals surface area (Å²) in [4.78, 5) is 16.4. The van der Waals surface area contributed by atoms with Crippen LogP contribution in [-0.2, 0) is 21.4 Å². The Morgan fingerprint density at radius 2 is 1.87 bits per heavy atom. The Balaban J connectivity index is 1.67. The third kappa shape index (κ3) is 5.26. The number of hydrogen-bond donors (Lipinski definition) is 1. The molecule has 0 saturated carbocycles. The lowest BCUT2D eigenvalue weighted by atomic mass is 10.2. The first-order valence-corrected chi connectivity index (χ1v) is 10.5. The van der Waals surface area contributed by atoms with Crippen molar-refractivity contribution in [3.05, 3.63) is 53.9 Å². The molecule has 3 aromatic rings. The fourth-order valence-electron chi connectivity index (χ4n) is 2.54. The van der Waals surface area contributed by atoms with Gasteiger partial charge in [-0.3, -0.25) is 4.72 Å². The van der Waals surface area contributed by atoms with Crippen molar-refractivity contribution in [2.24, 2.45) is 0 Å². The minimum Gasteiger partial charge on any atom is -0.493 e. The zero-order chi connectivity index (χ0) is 21.7. The molecule has 0 aliphatic carbocycles. The van der Waals surface area contributed by atoms with Crippen LogP contribution in [0.25, 0.3) is 11.4 Å². The Morgan fingerprint density at radius 1 is 1.10 bits per heavy atom. The van der Waals surface area contributed by atoms with Crippen LogP contribution < -0.4 is 14.2 Å². The lowest BCUT2D eigenvalue weighted by Gasteiger charge is -2.07. The summed E-state index contributed by atoms with van der Waals surface area (Å²) in [5.74, 6) is 0.791. The van der Waals surface area contributed by atoms with Gasteiger partial charge in [0.1, 0.15) is 0 Å². The molecule has 1 heterocycles. The Morgan fingerprint density at radius 3 is 2.57 bits per heavy atom. The number of sulfonamides is 1. The van der Waals surface area contributed by atoms with Crippen molar-refractivity contribution >= 4 is 21.7 Å². The van der Waals surface area contributed by atoms with Crippen molar-refractivity contribution in [3.8, 4) is 22.9 Å². The first kappa shape index (κ1) is 21.1. The first-order valence-electron chi connectivity index (χ1n) is 8.59. The Labute approximate surface area is 172 Å². The molecule has 0 bridgehead atoms. The highest BCUT2D eigenvalue weighted by Crippen LogP contribution is 2.31. The third-order valence-electron chi connectivity index (χ3n) is 3.84. The largest absolute Gasteiger partial charge is 0.493 e. The molecule has 1 N–H and O–H groups in total. The summed E-state index contributed by atoms with van der Waals surface area (Å²) in [5.41, 5.74) is 1.05. The molecule has 158 valence electrons. The van der Waals surface area contributed by atoms with E-state index in [1.807, 2.05) is 0 Å². The monoisotopic (exact) mass is 433 g/mol. The van der Waals surface area contributed by atoms with Crippen LogP contribution in [0.3, 0.4) is 0 Å². The van der Waals surface area contributed by atoms with E-state index >= 15 is 0 Å². The first-order chi connectivity index (χ1) is 14.3. The minimum atomic E-state index is -3.46. The number of benzene rings is 2. The highest BCUT2D eigenvalue weighted by atomic mass is 32.2. The van der Waals surface area contributed by atoms with E-state index in [1.165, 1.54) is 38.5 Å². The number of ether oxygens (including phenoxy) is 3. The summed E-state index contributed by atoms with van der Waals surface area (Å²) in [6, 6.07) is 11.1.